The number of fused-ring (bicyclic) bond motifs is 1. The summed E-state index contributed by atoms with van der Waals surface area (Å²) in [6, 6.07) is 7.94. The Morgan fingerprint density at radius 3 is 3.00 bits per heavy atom. The molecule has 6 nitrogen and oxygen atoms in total. The third-order valence-electron chi connectivity index (χ3n) is 3.74. The van der Waals surface area contributed by atoms with E-state index in [9.17, 15) is 4.79 Å². The molecule has 0 spiro atoms. The maximum Gasteiger partial charge on any atom is 0.225 e. The number of aliphatic imine (C=N–C) groups is 1. The molecule has 0 aliphatic carbocycles. The zero-order valence-electron chi connectivity index (χ0n) is 13.9. The number of hydrogen-bond acceptors (Lipinski definition) is 3. The van der Waals surface area contributed by atoms with Crippen LogP contribution in [0.3, 0.4) is 0 Å². The second-order valence-electron chi connectivity index (χ2n) is 5.53. The molecular formula is C17H26N4O2. The molecule has 3 N–H and O–H groups in total. The number of nitrogens with zero attached hydrogens (tertiary/aromatic N) is 1. The number of carbonyl (C=O) groups excluding carboxylic acids is 1. The van der Waals surface area contributed by atoms with Crippen molar-refractivity contribution in [3.8, 4) is 0 Å². The highest BCUT2D eigenvalue weighted by Crippen LogP contribution is 2.31. The number of rotatable bonds is 7. The molecule has 6 heteroatoms. The Bertz CT molecular complexity index is 545. The summed E-state index contributed by atoms with van der Waals surface area (Å²) >= 11 is 0. The van der Waals surface area contributed by atoms with Gasteiger partial charge in [0, 0.05) is 44.8 Å². The molecule has 1 aliphatic rings. The molecule has 1 amide bonds. The van der Waals surface area contributed by atoms with Crippen LogP contribution in [0.4, 0.5) is 5.69 Å². The van der Waals surface area contributed by atoms with E-state index in [1.165, 1.54) is 0 Å². The van der Waals surface area contributed by atoms with Gasteiger partial charge in [0.15, 0.2) is 5.96 Å². The molecule has 1 aromatic carbocycles. The molecule has 1 aromatic rings. The molecule has 1 unspecified atom stereocenters. The van der Waals surface area contributed by atoms with Crippen LogP contribution in [0.25, 0.3) is 0 Å². The van der Waals surface area contributed by atoms with Gasteiger partial charge in [-0.2, -0.15) is 0 Å². The van der Waals surface area contributed by atoms with Crippen molar-refractivity contribution in [3.05, 3.63) is 29.8 Å². The molecule has 0 fully saturated rings. The predicted octanol–water partition coefficient (Wildman–Crippen LogP) is 1.70. The lowest BCUT2D eigenvalue weighted by molar-refractivity contribution is -0.116. The van der Waals surface area contributed by atoms with Crippen LogP contribution in [-0.4, -0.2) is 45.2 Å². The van der Waals surface area contributed by atoms with Crippen LogP contribution in [0.1, 0.15) is 31.2 Å². The average Bonchev–Trinajstić information content (AvgIpc) is 2.56. The maximum atomic E-state index is 11.8. The minimum atomic E-state index is 0.0574. The van der Waals surface area contributed by atoms with Crippen molar-refractivity contribution in [2.75, 3.05) is 38.7 Å². The Hall–Kier alpha value is -2.08. The van der Waals surface area contributed by atoms with Crippen molar-refractivity contribution in [3.63, 3.8) is 0 Å². The number of para-hydroxylation sites is 1. The highest BCUT2D eigenvalue weighted by molar-refractivity contribution is 5.94. The highest BCUT2D eigenvalue weighted by Gasteiger charge is 2.24. The van der Waals surface area contributed by atoms with E-state index < -0.39 is 0 Å². The third-order valence-corrected chi connectivity index (χ3v) is 3.74. The Balaban J connectivity index is 1.99. The monoisotopic (exact) mass is 318 g/mol. The Morgan fingerprint density at radius 2 is 2.22 bits per heavy atom. The Kier molecular flexibility index (Phi) is 6.87. The van der Waals surface area contributed by atoms with Gasteiger partial charge >= 0.3 is 0 Å². The van der Waals surface area contributed by atoms with E-state index in [1.54, 1.807) is 7.11 Å². The quantitative estimate of drug-likeness (QED) is 0.406. The number of guanidine groups is 1. The van der Waals surface area contributed by atoms with Crippen molar-refractivity contribution >= 4 is 17.6 Å². The van der Waals surface area contributed by atoms with Crippen molar-refractivity contribution in [2.45, 2.75) is 25.7 Å². The molecule has 1 aliphatic heterocycles. The minimum absolute atomic E-state index is 0.0574. The first-order valence-corrected chi connectivity index (χ1v) is 8.14. The van der Waals surface area contributed by atoms with Gasteiger partial charge < -0.3 is 20.7 Å². The van der Waals surface area contributed by atoms with E-state index in [2.05, 4.69) is 27.0 Å². The van der Waals surface area contributed by atoms with Crippen molar-refractivity contribution in [1.82, 2.24) is 10.6 Å². The minimum Gasteiger partial charge on any atom is -0.385 e. The molecule has 0 aromatic heterocycles. The number of ether oxygens (including phenoxy) is 1. The van der Waals surface area contributed by atoms with E-state index >= 15 is 0 Å². The Labute approximate surface area is 137 Å². The predicted molar refractivity (Wildman–Crippen MR) is 92.9 cm³/mol. The van der Waals surface area contributed by atoms with Gasteiger partial charge in [0.05, 0.1) is 6.54 Å². The summed E-state index contributed by atoms with van der Waals surface area (Å²) in [6.45, 7) is 4.96. The zero-order valence-corrected chi connectivity index (χ0v) is 13.9. The lowest BCUT2D eigenvalue weighted by Crippen LogP contribution is -2.38. The van der Waals surface area contributed by atoms with Gasteiger partial charge in [0.2, 0.25) is 5.91 Å². The summed E-state index contributed by atoms with van der Waals surface area (Å²) in [7, 11) is 1.70. The number of nitrogens with one attached hydrogen (secondary N) is 3. The average molecular weight is 318 g/mol. The van der Waals surface area contributed by atoms with Gasteiger partial charge in [-0.15, -0.1) is 0 Å². The molecule has 0 saturated carbocycles. The van der Waals surface area contributed by atoms with E-state index in [4.69, 9.17) is 4.74 Å². The molecule has 1 atom stereocenters. The number of carbonyl (C=O) groups is 1. The fourth-order valence-corrected chi connectivity index (χ4v) is 2.63. The molecular weight excluding hydrogens is 292 g/mol. The first-order chi connectivity index (χ1) is 11.2. The number of benzene rings is 1. The van der Waals surface area contributed by atoms with Crippen molar-refractivity contribution < 1.29 is 9.53 Å². The Morgan fingerprint density at radius 1 is 1.39 bits per heavy atom. The maximum absolute atomic E-state index is 11.8. The zero-order chi connectivity index (χ0) is 16.5. The van der Waals surface area contributed by atoms with E-state index in [-0.39, 0.29) is 11.8 Å². The SMILES string of the molecule is CCNC(=NCC1CC(=O)Nc2ccccc21)NCCCOC. The van der Waals surface area contributed by atoms with Crippen molar-refractivity contribution in [1.29, 1.82) is 0 Å². The number of anilines is 1. The van der Waals surface area contributed by atoms with E-state index in [0.717, 1.165) is 43.3 Å². The molecule has 0 saturated heterocycles. The first kappa shape index (κ1) is 17.3. The summed E-state index contributed by atoms with van der Waals surface area (Å²) in [6.07, 6.45) is 1.40. The molecule has 2 rings (SSSR count). The largest absolute Gasteiger partial charge is 0.385 e. The summed E-state index contributed by atoms with van der Waals surface area (Å²) in [4.78, 5) is 16.5. The van der Waals surface area contributed by atoms with Gasteiger partial charge in [-0.3, -0.25) is 9.79 Å². The van der Waals surface area contributed by atoms with Gasteiger partial charge in [0.1, 0.15) is 0 Å². The summed E-state index contributed by atoms with van der Waals surface area (Å²) in [5.41, 5.74) is 2.06. The molecule has 126 valence electrons. The number of hydrogen-bond donors (Lipinski definition) is 3. The smallest absolute Gasteiger partial charge is 0.225 e. The van der Waals surface area contributed by atoms with Crippen LogP contribution in [0, 0.1) is 0 Å². The fraction of sp³-hybridized carbons (Fsp3) is 0.529. The molecule has 0 radical (unpaired) electrons. The summed E-state index contributed by atoms with van der Waals surface area (Å²) in [5, 5.41) is 9.44. The first-order valence-electron chi connectivity index (χ1n) is 8.14. The molecule has 1 heterocycles. The molecule has 23 heavy (non-hydrogen) atoms. The van der Waals surface area contributed by atoms with Gasteiger partial charge in [-0.05, 0) is 25.0 Å². The summed E-state index contributed by atoms with van der Waals surface area (Å²) in [5.74, 6) is 0.961. The highest BCUT2D eigenvalue weighted by atomic mass is 16.5. The van der Waals surface area contributed by atoms with Crippen LogP contribution in [0.15, 0.2) is 29.3 Å². The molecule has 0 bridgehead atoms. The lowest BCUT2D eigenvalue weighted by Gasteiger charge is -2.24. The van der Waals surface area contributed by atoms with Crippen LogP contribution in [0.5, 0.6) is 0 Å². The van der Waals surface area contributed by atoms with E-state index in [0.29, 0.717) is 13.0 Å². The third kappa shape index (κ3) is 5.25. The summed E-state index contributed by atoms with van der Waals surface area (Å²) < 4.78 is 5.04. The van der Waals surface area contributed by atoms with Gasteiger partial charge in [-0.1, -0.05) is 18.2 Å². The second-order valence-corrected chi connectivity index (χ2v) is 5.53. The second kappa shape index (κ2) is 9.15. The van der Waals surface area contributed by atoms with Crippen LogP contribution in [-0.2, 0) is 9.53 Å². The normalized spacial score (nSPS) is 17.4. The topological polar surface area (TPSA) is 74.8 Å². The lowest BCUT2D eigenvalue weighted by atomic mass is 9.91. The van der Waals surface area contributed by atoms with Crippen molar-refractivity contribution in [2.24, 2.45) is 4.99 Å². The van der Waals surface area contributed by atoms with Crippen LogP contribution in [0.2, 0.25) is 0 Å². The van der Waals surface area contributed by atoms with Gasteiger partial charge in [0.25, 0.3) is 0 Å². The standard InChI is InChI=1S/C17H26N4O2/c1-3-18-17(19-9-6-10-23-2)20-12-13-11-16(22)21-15-8-5-4-7-14(13)15/h4-5,7-8,13H,3,6,9-12H2,1-2H3,(H,21,22)(H2,18,19,20). The van der Waals surface area contributed by atoms with Gasteiger partial charge in [-0.25, -0.2) is 0 Å². The fourth-order valence-electron chi connectivity index (χ4n) is 2.63. The van der Waals surface area contributed by atoms with Crippen LogP contribution < -0.4 is 16.0 Å². The number of methoxy groups -OCH3 is 1. The van der Waals surface area contributed by atoms with Crippen LogP contribution >= 0.6 is 0 Å². The van der Waals surface area contributed by atoms with E-state index in [1.807, 2.05) is 25.1 Å². The number of amides is 1.